The summed E-state index contributed by atoms with van der Waals surface area (Å²) >= 11 is 0. The molecule has 8 heteroatoms. The van der Waals surface area contributed by atoms with Crippen molar-refractivity contribution in [2.45, 2.75) is 56.8 Å². The lowest BCUT2D eigenvalue weighted by atomic mass is 9.59. The summed E-state index contributed by atoms with van der Waals surface area (Å²) in [6.45, 7) is 5.60. The molecule has 8 nitrogen and oxygen atoms in total. The number of nitrogens with zero attached hydrogens (tertiary/aromatic N) is 2. The second kappa shape index (κ2) is 8.34. The van der Waals surface area contributed by atoms with E-state index in [0.29, 0.717) is 5.75 Å². The highest BCUT2D eigenvalue weighted by atomic mass is 16.6. The molecule has 0 atom stereocenters. The molecule has 2 aromatic carbocycles. The number of hydrogen-bond acceptors (Lipinski definition) is 5. The molecule has 2 fully saturated rings. The Bertz CT molecular complexity index is 1090. The zero-order chi connectivity index (χ0) is 24.7. The fourth-order valence-electron chi connectivity index (χ4n) is 4.81. The second-order valence-corrected chi connectivity index (χ2v) is 10.0. The van der Waals surface area contributed by atoms with E-state index in [1.807, 2.05) is 63.2 Å². The molecule has 4 rings (SSSR count). The topological polar surface area (TPSA) is 88.2 Å². The first-order valence-corrected chi connectivity index (χ1v) is 11.3. The van der Waals surface area contributed by atoms with Gasteiger partial charge in [-0.15, -0.1) is 0 Å². The molecule has 180 valence electrons. The Kier molecular flexibility index (Phi) is 5.79. The number of ether oxygens (including phenoxy) is 2. The average Bonchev–Trinajstić information content (AvgIpc) is 3.02. The maximum atomic E-state index is 13.5. The molecule has 0 aromatic heterocycles. The van der Waals surface area contributed by atoms with Gasteiger partial charge >= 0.3 is 12.1 Å². The summed E-state index contributed by atoms with van der Waals surface area (Å²) in [6, 6.07) is 16.4. The van der Waals surface area contributed by atoms with Crippen LogP contribution in [0.4, 0.5) is 9.59 Å². The lowest BCUT2D eigenvalue weighted by Gasteiger charge is -2.56. The van der Waals surface area contributed by atoms with Crippen LogP contribution in [0.2, 0.25) is 0 Å². The first kappa shape index (κ1) is 23.6. The highest BCUT2D eigenvalue weighted by Gasteiger charge is 2.67. The molecule has 1 aliphatic carbocycles. The van der Waals surface area contributed by atoms with E-state index in [4.69, 9.17) is 9.47 Å². The van der Waals surface area contributed by atoms with Crippen LogP contribution < -0.4 is 10.1 Å². The summed E-state index contributed by atoms with van der Waals surface area (Å²) in [4.78, 5) is 42.1. The molecular weight excluding hydrogens is 434 g/mol. The molecule has 1 aliphatic heterocycles. The normalized spacial score (nSPS) is 24.0. The number of urea groups is 1. The first-order chi connectivity index (χ1) is 16.0. The summed E-state index contributed by atoms with van der Waals surface area (Å²) in [5, 5.41) is 2.91. The average molecular weight is 466 g/mol. The van der Waals surface area contributed by atoms with Gasteiger partial charge in [0.15, 0.2) is 0 Å². The number of carbonyl (C=O) groups excluding carboxylic acids is 3. The lowest BCUT2D eigenvalue weighted by Crippen LogP contribution is -2.69. The van der Waals surface area contributed by atoms with Crippen LogP contribution in [0.3, 0.4) is 0 Å². The van der Waals surface area contributed by atoms with E-state index in [1.165, 1.54) is 4.90 Å². The minimum absolute atomic E-state index is 0.163. The van der Waals surface area contributed by atoms with E-state index in [0.717, 1.165) is 11.1 Å². The molecule has 1 heterocycles. The minimum atomic E-state index is -1.06. The van der Waals surface area contributed by atoms with Gasteiger partial charge < -0.3 is 19.7 Å². The summed E-state index contributed by atoms with van der Waals surface area (Å²) in [6.07, 6.45) is 0.0606. The second-order valence-electron chi connectivity index (χ2n) is 10.0. The third-order valence-electron chi connectivity index (χ3n) is 6.55. The number of carbonyl (C=O) groups is 3. The van der Waals surface area contributed by atoms with E-state index in [9.17, 15) is 14.4 Å². The Labute approximate surface area is 199 Å². The molecule has 34 heavy (non-hydrogen) atoms. The van der Waals surface area contributed by atoms with Gasteiger partial charge in [0.05, 0.1) is 19.2 Å². The van der Waals surface area contributed by atoms with Crippen molar-refractivity contribution < 1.29 is 23.9 Å². The summed E-state index contributed by atoms with van der Waals surface area (Å²) in [5.41, 5.74) is -0.777. The summed E-state index contributed by atoms with van der Waals surface area (Å²) < 4.78 is 10.8. The van der Waals surface area contributed by atoms with Gasteiger partial charge in [0, 0.05) is 19.9 Å². The molecule has 1 saturated heterocycles. The highest BCUT2D eigenvalue weighted by Crippen LogP contribution is 2.54. The Morgan fingerprint density at radius 3 is 2.24 bits per heavy atom. The van der Waals surface area contributed by atoms with Crippen molar-refractivity contribution in [2.75, 3.05) is 14.2 Å². The van der Waals surface area contributed by atoms with Crippen LogP contribution in [-0.2, 0) is 21.6 Å². The van der Waals surface area contributed by atoms with Crippen LogP contribution in [0.25, 0.3) is 0 Å². The Hall–Kier alpha value is -3.55. The van der Waals surface area contributed by atoms with Crippen LogP contribution in [0.5, 0.6) is 5.75 Å². The van der Waals surface area contributed by atoms with Crippen molar-refractivity contribution in [2.24, 2.45) is 0 Å². The van der Waals surface area contributed by atoms with Gasteiger partial charge in [0.2, 0.25) is 0 Å². The predicted molar refractivity (Wildman–Crippen MR) is 126 cm³/mol. The molecule has 0 radical (unpaired) electrons. The molecule has 4 amide bonds. The van der Waals surface area contributed by atoms with Crippen molar-refractivity contribution >= 4 is 18.0 Å². The van der Waals surface area contributed by atoms with Crippen LogP contribution in [0.1, 0.15) is 44.7 Å². The van der Waals surface area contributed by atoms with Gasteiger partial charge in [0.1, 0.15) is 16.9 Å². The molecule has 1 saturated carbocycles. The number of nitrogens with one attached hydrogen (secondary N) is 1. The van der Waals surface area contributed by atoms with Gasteiger partial charge in [-0.05, 0) is 44.0 Å². The van der Waals surface area contributed by atoms with Crippen LogP contribution >= 0.6 is 0 Å². The Morgan fingerprint density at radius 2 is 1.68 bits per heavy atom. The third kappa shape index (κ3) is 4.08. The number of benzene rings is 2. The maximum absolute atomic E-state index is 13.5. The van der Waals surface area contributed by atoms with Crippen molar-refractivity contribution in [1.29, 1.82) is 0 Å². The zero-order valence-corrected chi connectivity index (χ0v) is 20.3. The Morgan fingerprint density at radius 1 is 1.06 bits per heavy atom. The Balaban J connectivity index is 1.58. The van der Waals surface area contributed by atoms with Crippen molar-refractivity contribution in [3.63, 3.8) is 0 Å². The zero-order valence-electron chi connectivity index (χ0n) is 20.3. The van der Waals surface area contributed by atoms with Gasteiger partial charge in [0.25, 0.3) is 5.91 Å². The van der Waals surface area contributed by atoms with Gasteiger partial charge in [-0.1, -0.05) is 42.5 Å². The monoisotopic (exact) mass is 465 g/mol. The molecule has 0 unspecified atom stereocenters. The maximum Gasteiger partial charge on any atom is 0.410 e. The molecule has 1 N–H and O–H groups in total. The van der Waals surface area contributed by atoms with Crippen molar-refractivity contribution in [3.05, 3.63) is 65.7 Å². The number of amides is 4. The molecular formula is C26H31N3O5. The summed E-state index contributed by atoms with van der Waals surface area (Å²) in [7, 11) is 3.27. The molecule has 0 bridgehead atoms. The molecule has 2 aromatic rings. The number of methoxy groups -OCH3 is 1. The third-order valence-corrected chi connectivity index (χ3v) is 6.55. The highest BCUT2D eigenvalue weighted by molar-refractivity contribution is 6.08. The van der Waals surface area contributed by atoms with Crippen molar-refractivity contribution in [1.82, 2.24) is 15.1 Å². The van der Waals surface area contributed by atoms with Crippen molar-refractivity contribution in [3.8, 4) is 5.75 Å². The molecule has 1 spiro atoms. The van der Waals surface area contributed by atoms with E-state index in [2.05, 4.69) is 5.32 Å². The van der Waals surface area contributed by atoms with Crippen LogP contribution in [0, 0.1) is 0 Å². The van der Waals surface area contributed by atoms with Crippen LogP contribution in [-0.4, -0.2) is 53.1 Å². The van der Waals surface area contributed by atoms with Gasteiger partial charge in [-0.2, -0.15) is 0 Å². The SMILES string of the molecule is COc1ccc(CN2C(=O)N[C@]3(C[C@@](c4ccccc4)(N(C)C(=O)OC(C)(C)C)C3)C2=O)cc1. The fraction of sp³-hybridized carbons (Fsp3) is 0.423. The van der Waals surface area contributed by atoms with E-state index < -0.39 is 28.8 Å². The smallest absolute Gasteiger partial charge is 0.410 e. The van der Waals surface area contributed by atoms with Gasteiger partial charge in [-0.25, -0.2) is 9.59 Å². The minimum Gasteiger partial charge on any atom is -0.497 e. The molecule has 2 aliphatic rings. The standard InChI is InChI=1S/C26H31N3O5/c1-24(2,3)34-23(32)28(4)26(19-9-7-6-8-10-19)16-25(17-26)21(30)29(22(31)27-25)15-18-11-13-20(33-5)14-12-18/h6-14H,15-17H2,1-5H3,(H,27,31)/t25-,26+. The van der Waals surface area contributed by atoms with Crippen LogP contribution in [0.15, 0.2) is 54.6 Å². The number of rotatable bonds is 5. The quantitative estimate of drug-likeness (QED) is 0.674. The number of hydrogen-bond donors (Lipinski definition) is 1. The van der Waals surface area contributed by atoms with E-state index in [1.54, 1.807) is 31.2 Å². The van der Waals surface area contributed by atoms with E-state index in [-0.39, 0.29) is 25.3 Å². The largest absolute Gasteiger partial charge is 0.497 e. The fourth-order valence-corrected chi connectivity index (χ4v) is 4.81. The first-order valence-electron chi connectivity index (χ1n) is 11.3. The van der Waals surface area contributed by atoms with Gasteiger partial charge in [-0.3, -0.25) is 9.69 Å². The van der Waals surface area contributed by atoms with E-state index >= 15 is 0 Å². The number of imide groups is 1. The lowest BCUT2D eigenvalue weighted by molar-refractivity contribution is -0.142. The summed E-state index contributed by atoms with van der Waals surface area (Å²) in [5.74, 6) is 0.423. The predicted octanol–water partition coefficient (Wildman–Crippen LogP) is 4.04.